The van der Waals surface area contributed by atoms with Crippen LogP contribution in [0.4, 0.5) is 10.5 Å². The fraction of sp³-hybridized carbons (Fsp3) is 0.474. The SMILES string of the molecule is Cc1nn(-c2ccccc2)c(C)c1NC(=O)N1CC[C@@]2(CCOC2)C1. The van der Waals surface area contributed by atoms with Crippen molar-refractivity contribution in [2.45, 2.75) is 26.7 Å². The minimum atomic E-state index is -0.0393. The molecule has 0 unspecified atom stereocenters. The van der Waals surface area contributed by atoms with E-state index in [1.807, 2.05) is 53.8 Å². The van der Waals surface area contributed by atoms with Gasteiger partial charge in [0.1, 0.15) is 0 Å². The van der Waals surface area contributed by atoms with Crippen molar-refractivity contribution in [3.8, 4) is 5.69 Å². The smallest absolute Gasteiger partial charge is 0.321 e. The van der Waals surface area contributed by atoms with Crippen LogP contribution in [-0.4, -0.2) is 47.0 Å². The zero-order chi connectivity index (χ0) is 17.4. The average Bonchev–Trinajstić information content (AvgIpc) is 3.33. The van der Waals surface area contributed by atoms with Gasteiger partial charge in [0.05, 0.1) is 29.4 Å². The maximum atomic E-state index is 12.7. The first-order chi connectivity index (χ1) is 12.1. The van der Waals surface area contributed by atoms with Crippen molar-refractivity contribution in [3.05, 3.63) is 41.7 Å². The summed E-state index contributed by atoms with van der Waals surface area (Å²) in [4.78, 5) is 14.7. The fourth-order valence-corrected chi connectivity index (χ4v) is 3.91. The number of nitrogens with one attached hydrogen (secondary N) is 1. The Bertz CT molecular complexity index is 778. The van der Waals surface area contributed by atoms with Gasteiger partial charge in [-0.05, 0) is 38.8 Å². The summed E-state index contributed by atoms with van der Waals surface area (Å²) in [6.07, 6.45) is 2.09. The molecule has 2 amide bonds. The van der Waals surface area contributed by atoms with Crippen molar-refractivity contribution < 1.29 is 9.53 Å². The van der Waals surface area contributed by atoms with Gasteiger partial charge in [-0.25, -0.2) is 9.48 Å². The molecule has 6 heteroatoms. The highest BCUT2D eigenvalue weighted by Gasteiger charge is 2.42. The number of carbonyl (C=O) groups excluding carboxylic acids is 1. The van der Waals surface area contributed by atoms with Gasteiger partial charge < -0.3 is 15.0 Å². The quantitative estimate of drug-likeness (QED) is 0.914. The highest BCUT2D eigenvalue weighted by molar-refractivity contribution is 5.91. The van der Waals surface area contributed by atoms with Crippen molar-refractivity contribution in [2.24, 2.45) is 5.41 Å². The summed E-state index contributed by atoms with van der Waals surface area (Å²) in [5, 5.41) is 7.67. The number of amides is 2. The summed E-state index contributed by atoms with van der Waals surface area (Å²) >= 11 is 0. The molecule has 1 spiro atoms. The molecule has 1 N–H and O–H groups in total. The third kappa shape index (κ3) is 2.91. The van der Waals surface area contributed by atoms with Gasteiger partial charge in [-0.1, -0.05) is 18.2 Å². The molecule has 132 valence electrons. The summed E-state index contributed by atoms with van der Waals surface area (Å²) in [7, 11) is 0. The molecular weight excluding hydrogens is 316 g/mol. The number of ether oxygens (including phenoxy) is 1. The average molecular weight is 340 g/mol. The molecule has 2 aliphatic heterocycles. The minimum Gasteiger partial charge on any atom is -0.381 e. The third-order valence-electron chi connectivity index (χ3n) is 5.43. The number of likely N-dealkylation sites (tertiary alicyclic amines) is 1. The second-order valence-corrected chi connectivity index (χ2v) is 7.20. The van der Waals surface area contributed by atoms with E-state index in [4.69, 9.17) is 4.74 Å². The number of aryl methyl sites for hydroxylation is 1. The largest absolute Gasteiger partial charge is 0.381 e. The zero-order valence-electron chi connectivity index (χ0n) is 14.8. The van der Waals surface area contributed by atoms with Gasteiger partial charge in [-0.3, -0.25) is 0 Å². The van der Waals surface area contributed by atoms with E-state index in [-0.39, 0.29) is 11.4 Å². The predicted octanol–water partition coefficient (Wildman–Crippen LogP) is 3.13. The van der Waals surface area contributed by atoms with Crippen LogP contribution in [0.2, 0.25) is 0 Å². The Labute approximate surface area is 147 Å². The molecule has 2 aromatic rings. The van der Waals surface area contributed by atoms with Gasteiger partial charge >= 0.3 is 6.03 Å². The van der Waals surface area contributed by atoms with E-state index in [9.17, 15) is 4.79 Å². The van der Waals surface area contributed by atoms with Crippen molar-refractivity contribution in [2.75, 3.05) is 31.6 Å². The molecule has 1 aromatic heterocycles. The molecule has 2 fully saturated rings. The van der Waals surface area contributed by atoms with Crippen LogP contribution in [0.5, 0.6) is 0 Å². The van der Waals surface area contributed by atoms with Gasteiger partial charge in [-0.2, -0.15) is 5.10 Å². The van der Waals surface area contributed by atoms with Gasteiger partial charge in [-0.15, -0.1) is 0 Å². The van der Waals surface area contributed by atoms with Crippen LogP contribution in [-0.2, 0) is 4.74 Å². The van der Waals surface area contributed by atoms with Gasteiger partial charge in [0.2, 0.25) is 0 Å². The van der Waals surface area contributed by atoms with Crippen LogP contribution < -0.4 is 5.32 Å². The van der Waals surface area contributed by atoms with Gasteiger partial charge in [0, 0.05) is 25.1 Å². The molecule has 3 heterocycles. The lowest BCUT2D eigenvalue weighted by Gasteiger charge is -2.22. The van der Waals surface area contributed by atoms with Crippen molar-refractivity contribution in [1.29, 1.82) is 0 Å². The number of hydrogen-bond donors (Lipinski definition) is 1. The number of nitrogens with zero attached hydrogens (tertiary/aromatic N) is 3. The Kier molecular flexibility index (Phi) is 4.00. The Morgan fingerprint density at radius 2 is 2.04 bits per heavy atom. The summed E-state index contributed by atoms with van der Waals surface area (Å²) in [5.41, 5.74) is 3.74. The van der Waals surface area contributed by atoms with Gasteiger partial charge in [0.25, 0.3) is 0 Å². The Balaban J connectivity index is 1.51. The number of rotatable bonds is 2. The number of hydrogen-bond acceptors (Lipinski definition) is 3. The molecule has 2 saturated heterocycles. The topological polar surface area (TPSA) is 59.4 Å². The van der Waals surface area contributed by atoms with Crippen LogP contribution in [0.1, 0.15) is 24.2 Å². The summed E-state index contributed by atoms with van der Waals surface area (Å²) in [6.45, 7) is 7.08. The van der Waals surface area contributed by atoms with E-state index in [1.54, 1.807) is 0 Å². The first kappa shape index (κ1) is 16.1. The van der Waals surface area contributed by atoms with Crippen molar-refractivity contribution in [3.63, 3.8) is 0 Å². The van der Waals surface area contributed by atoms with Crippen LogP contribution in [0, 0.1) is 19.3 Å². The number of urea groups is 1. The van der Waals surface area contributed by atoms with Crippen LogP contribution >= 0.6 is 0 Å². The van der Waals surface area contributed by atoms with Gasteiger partial charge in [0.15, 0.2) is 0 Å². The number of aromatic nitrogens is 2. The predicted molar refractivity (Wildman–Crippen MR) is 96.1 cm³/mol. The molecular formula is C19H24N4O2. The Morgan fingerprint density at radius 3 is 2.76 bits per heavy atom. The van der Waals surface area contributed by atoms with Crippen molar-refractivity contribution in [1.82, 2.24) is 14.7 Å². The molecule has 1 atom stereocenters. The standard InChI is InChI=1S/C19H24N4O2/c1-14-17(15(2)23(21-14)16-6-4-3-5-7-16)20-18(24)22-10-8-19(12-22)9-11-25-13-19/h3-7H,8-13H2,1-2H3,(H,20,24)/t19-/m1/s1. The maximum absolute atomic E-state index is 12.7. The first-order valence-electron chi connectivity index (χ1n) is 8.83. The molecule has 0 aliphatic carbocycles. The normalized spacial score (nSPS) is 22.7. The van der Waals surface area contributed by atoms with E-state index in [0.717, 1.165) is 61.9 Å². The van der Waals surface area contributed by atoms with E-state index in [1.165, 1.54) is 0 Å². The third-order valence-corrected chi connectivity index (χ3v) is 5.43. The Morgan fingerprint density at radius 1 is 1.24 bits per heavy atom. The summed E-state index contributed by atoms with van der Waals surface area (Å²) < 4.78 is 7.42. The lowest BCUT2D eigenvalue weighted by Crippen LogP contribution is -2.35. The summed E-state index contributed by atoms with van der Waals surface area (Å²) in [5.74, 6) is 0. The monoisotopic (exact) mass is 340 g/mol. The first-order valence-corrected chi connectivity index (χ1v) is 8.83. The molecule has 25 heavy (non-hydrogen) atoms. The number of benzene rings is 1. The van der Waals surface area contributed by atoms with Crippen molar-refractivity contribution >= 4 is 11.7 Å². The molecule has 6 nitrogen and oxygen atoms in total. The van der Waals surface area contributed by atoms with E-state index in [2.05, 4.69) is 10.4 Å². The second kappa shape index (κ2) is 6.19. The highest BCUT2D eigenvalue weighted by Crippen LogP contribution is 2.38. The maximum Gasteiger partial charge on any atom is 0.321 e. The number of carbonyl (C=O) groups is 1. The van der Waals surface area contributed by atoms with Crippen LogP contribution in [0.15, 0.2) is 30.3 Å². The van der Waals surface area contributed by atoms with E-state index in [0.29, 0.717) is 0 Å². The zero-order valence-corrected chi connectivity index (χ0v) is 14.8. The molecule has 0 bridgehead atoms. The molecule has 1 aromatic carbocycles. The van der Waals surface area contributed by atoms with E-state index >= 15 is 0 Å². The lowest BCUT2D eigenvalue weighted by atomic mass is 9.87. The highest BCUT2D eigenvalue weighted by atomic mass is 16.5. The number of para-hydroxylation sites is 1. The second-order valence-electron chi connectivity index (χ2n) is 7.20. The van der Waals surface area contributed by atoms with Crippen LogP contribution in [0.3, 0.4) is 0 Å². The van der Waals surface area contributed by atoms with Crippen LogP contribution in [0.25, 0.3) is 5.69 Å². The molecule has 0 saturated carbocycles. The lowest BCUT2D eigenvalue weighted by molar-refractivity contribution is 0.154. The molecule has 2 aliphatic rings. The summed E-state index contributed by atoms with van der Waals surface area (Å²) in [6, 6.07) is 9.93. The number of anilines is 1. The minimum absolute atomic E-state index is 0.0393. The van der Waals surface area contributed by atoms with E-state index < -0.39 is 0 Å². The Hall–Kier alpha value is -2.34. The fourth-order valence-electron chi connectivity index (χ4n) is 3.91. The molecule has 4 rings (SSSR count). The molecule has 0 radical (unpaired) electrons.